The Kier molecular flexibility index (Phi) is 2.63. The zero-order chi connectivity index (χ0) is 11.1. The normalized spacial score (nSPS) is 11.9. The van der Waals surface area contributed by atoms with E-state index in [4.69, 9.17) is 0 Å². The number of hydrogen-bond donors (Lipinski definition) is 1. The van der Waals surface area contributed by atoms with Gasteiger partial charge < -0.3 is 5.11 Å². The maximum absolute atomic E-state index is 13.6. The fourth-order valence-corrected chi connectivity index (χ4v) is 1.57. The molecule has 0 aromatic heterocycles. The highest BCUT2D eigenvalue weighted by atomic mass is 19.1. The van der Waals surface area contributed by atoms with Crippen LogP contribution < -0.4 is 0 Å². The average molecular weight is 200 g/mol. The molecule has 0 saturated heterocycles. The maximum Gasteiger partial charge on any atom is 0.132 e. The molecular formula is C11H14F2O. The van der Waals surface area contributed by atoms with Gasteiger partial charge in [-0.2, -0.15) is 0 Å². The summed E-state index contributed by atoms with van der Waals surface area (Å²) < 4.78 is 26.9. The first kappa shape index (κ1) is 11.1. The lowest BCUT2D eigenvalue weighted by Gasteiger charge is -2.22. The Balaban J connectivity index is 3.56. The molecule has 78 valence electrons. The van der Waals surface area contributed by atoms with Crippen LogP contribution in [-0.4, -0.2) is 5.11 Å². The predicted molar refractivity (Wildman–Crippen MR) is 51.1 cm³/mol. The van der Waals surface area contributed by atoms with Gasteiger partial charge in [0.05, 0.1) is 5.60 Å². The van der Waals surface area contributed by atoms with Crippen LogP contribution in [0.5, 0.6) is 0 Å². The third-order valence-electron chi connectivity index (χ3n) is 2.25. The first-order chi connectivity index (χ1) is 6.25. The van der Waals surface area contributed by atoms with Gasteiger partial charge in [-0.25, -0.2) is 8.78 Å². The highest BCUT2D eigenvalue weighted by Crippen LogP contribution is 2.29. The molecule has 0 radical (unpaired) electrons. The summed E-state index contributed by atoms with van der Waals surface area (Å²) in [6.07, 6.45) is 0. The first-order valence-electron chi connectivity index (χ1n) is 4.43. The molecule has 3 heteroatoms. The second-order valence-corrected chi connectivity index (χ2v) is 4.05. The molecular weight excluding hydrogens is 186 g/mol. The van der Waals surface area contributed by atoms with E-state index >= 15 is 0 Å². The topological polar surface area (TPSA) is 20.2 Å². The Hall–Kier alpha value is -0.960. The van der Waals surface area contributed by atoms with Crippen LogP contribution >= 0.6 is 0 Å². The second kappa shape index (κ2) is 3.31. The maximum atomic E-state index is 13.6. The second-order valence-electron chi connectivity index (χ2n) is 4.05. The minimum atomic E-state index is -1.36. The van der Waals surface area contributed by atoms with Crippen LogP contribution in [0.3, 0.4) is 0 Å². The Morgan fingerprint density at radius 2 is 1.71 bits per heavy atom. The van der Waals surface area contributed by atoms with E-state index in [-0.39, 0.29) is 16.7 Å². The lowest BCUT2D eigenvalue weighted by molar-refractivity contribution is 0.0732. The molecule has 1 rings (SSSR count). The highest BCUT2D eigenvalue weighted by molar-refractivity contribution is 5.37. The molecule has 0 aliphatic carbocycles. The summed E-state index contributed by atoms with van der Waals surface area (Å²) in [5, 5.41) is 9.69. The van der Waals surface area contributed by atoms with Crippen LogP contribution in [0.2, 0.25) is 0 Å². The van der Waals surface area contributed by atoms with Crippen molar-refractivity contribution < 1.29 is 13.9 Å². The summed E-state index contributed by atoms with van der Waals surface area (Å²) in [6, 6.07) is 1.14. The molecule has 0 heterocycles. The molecule has 0 aliphatic heterocycles. The molecule has 1 N–H and O–H groups in total. The molecule has 1 aromatic carbocycles. The molecule has 0 unspecified atom stereocenters. The Labute approximate surface area is 82.4 Å². The minimum absolute atomic E-state index is 0.0370. The van der Waals surface area contributed by atoms with Crippen LogP contribution in [0.15, 0.2) is 6.07 Å². The smallest absolute Gasteiger partial charge is 0.132 e. The third-order valence-corrected chi connectivity index (χ3v) is 2.25. The third kappa shape index (κ3) is 1.77. The molecule has 0 spiro atoms. The number of aliphatic hydroxyl groups is 1. The number of hydrogen-bond acceptors (Lipinski definition) is 1. The van der Waals surface area contributed by atoms with Gasteiger partial charge >= 0.3 is 0 Å². The SMILES string of the molecule is Cc1cc(F)c(C)c(C(C)(C)O)c1F. The molecule has 0 aliphatic rings. The number of rotatable bonds is 1. The molecule has 14 heavy (non-hydrogen) atoms. The van der Waals surface area contributed by atoms with Gasteiger partial charge in [0.1, 0.15) is 11.6 Å². The molecule has 0 amide bonds. The van der Waals surface area contributed by atoms with E-state index in [2.05, 4.69) is 0 Å². The predicted octanol–water partition coefficient (Wildman–Crippen LogP) is 2.81. The molecule has 1 nitrogen and oxygen atoms in total. The summed E-state index contributed by atoms with van der Waals surface area (Å²) in [6.45, 7) is 5.83. The number of benzene rings is 1. The van der Waals surface area contributed by atoms with E-state index in [0.717, 1.165) is 6.07 Å². The molecule has 1 aromatic rings. The van der Waals surface area contributed by atoms with E-state index in [1.807, 2.05) is 0 Å². The van der Waals surface area contributed by atoms with E-state index in [9.17, 15) is 13.9 Å². The largest absolute Gasteiger partial charge is 0.386 e. The van der Waals surface area contributed by atoms with Gasteiger partial charge in [0, 0.05) is 5.56 Å². The van der Waals surface area contributed by atoms with E-state index in [1.54, 1.807) is 0 Å². The van der Waals surface area contributed by atoms with Crippen molar-refractivity contribution in [1.29, 1.82) is 0 Å². The van der Waals surface area contributed by atoms with Crippen molar-refractivity contribution in [1.82, 2.24) is 0 Å². The van der Waals surface area contributed by atoms with E-state index in [1.165, 1.54) is 27.7 Å². The molecule has 0 atom stereocenters. The van der Waals surface area contributed by atoms with Gasteiger partial charge in [-0.15, -0.1) is 0 Å². The lowest BCUT2D eigenvalue weighted by atomic mass is 9.91. The van der Waals surface area contributed by atoms with E-state index < -0.39 is 17.2 Å². The Bertz CT molecular complexity index is 338. The zero-order valence-corrected chi connectivity index (χ0v) is 8.78. The van der Waals surface area contributed by atoms with Gasteiger partial charge in [0.2, 0.25) is 0 Å². The summed E-state index contributed by atoms with van der Waals surface area (Å²) in [5.41, 5.74) is -0.943. The fraction of sp³-hybridized carbons (Fsp3) is 0.455. The van der Waals surface area contributed by atoms with Crippen molar-refractivity contribution in [2.75, 3.05) is 0 Å². The highest BCUT2D eigenvalue weighted by Gasteiger charge is 2.26. The summed E-state index contributed by atoms with van der Waals surface area (Å²) in [5.74, 6) is -1.02. The van der Waals surface area contributed by atoms with Crippen LogP contribution in [-0.2, 0) is 5.60 Å². The van der Waals surface area contributed by atoms with Gasteiger partial charge in [0.15, 0.2) is 0 Å². The molecule has 0 fully saturated rings. The number of halogens is 2. The average Bonchev–Trinajstić information content (AvgIpc) is 1.98. The van der Waals surface area contributed by atoms with Crippen LogP contribution in [0.1, 0.15) is 30.5 Å². The standard InChI is InChI=1S/C11H14F2O/c1-6-5-8(12)7(2)9(10(6)13)11(3,4)14/h5,14H,1-4H3. The summed E-state index contributed by atoms with van der Waals surface area (Å²) in [7, 11) is 0. The van der Waals surface area contributed by atoms with Crippen LogP contribution in [0.4, 0.5) is 8.78 Å². The van der Waals surface area contributed by atoms with Gasteiger partial charge in [-0.05, 0) is 44.9 Å². The summed E-state index contributed by atoms with van der Waals surface area (Å²) >= 11 is 0. The lowest BCUT2D eigenvalue weighted by Crippen LogP contribution is -2.20. The zero-order valence-electron chi connectivity index (χ0n) is 8.78. The van der Waals surface area contributed by atoms with Crippen molar-refractivity contribution in [3.8, 4) is 0 Å². The first-order valence-corrected chi connectivity index (χ1v) is 4.43. The van der Waals surface area contributed by atoms with Gasteiger partial charge in [0.25, 0.3) is 0 Å². The van der Waals surface area contributed by atoms with Crippen molar-refractivity contribution in [3.05, 3.63) is 34.4 Å². The Morgan fingerprint density at radius 3 is 2.14 bits per heavy atom. The molecule has 0 bridgehead atoms. The summed E-state index contributed by atoms with van der Waals surface area (Å²) in [4.78, 5) is 0. The van der Waals surface area contributed by atoms with Crippen LogP contribution in [0, 0.1) is 25.5 Å². The van der Waals surface area contributed by atoms with Gasteiger partial charge in [-0.1, -0.05) is 0 Å². The van der Waals surface area contributed by atoms with Crippen molar-refractivity contribution >= 4 is 0 Å². The van der Waals surface area contributed by atoms with Crippen molar-refractivity contribution in [2.24, 2.45) is 0 Å². The number of aryl methyl sites for hydroxylation is 1. The minimum Gasteiger partial charge on any atom is -0.386 e. The van der Waals surface area contributed by atoms with Gasteiger partial charge in [-0.3, -0.25) is 0 Å². The molecule has 0 saturated carbocycles. The Morgan fingerprint density at radius 1 is 1.21 bits per heavy atom. The van der Waals surface area contributed by atoms with Crippen molar-refractivity contribution in [3.63, 3.8) is 0 Å². The van der Waals surface area contributed by atoms with Crippen LogP contribution in [0.25, 0.3) is 0 Å². The monoisotopic (exact) mass is 200 g/mol. The fourth-order valence-electron chi connectivity index (χ4n) is 1.57. The van der Waals surface area contributed by atoms with Crippen molar-refractivity contribution in [2.45, 2.75) is 33.3 Å². The van der Waals surface area contributed by atoms with E-state index in [0.29, 0.717) is 0 Å². The quantitative estimate of drug-likeness (QED) is 0.739.